The van der Waals surface area contributed by atoms with E-state index < -0.39 is 0 Å². The molecule has 0 saturated carbocycles. The van der Waals surface area contributed by atoms with Crippen LogP contribution in [0.25, 0.3) is 28.4 Å². The van der Waals surface area contributed by atoms with E-state index in [9.17, 15) is 4.79 Å². The Bertz CT molecular complexity index is 1570. The molecule has 0 spiro atoms. The summed E-state index contributed by atoms with van der Waals surface area (Å²) in [6, 6.07) is 17.2. The van der Waals surface area contributed by atoms with Crippen molar-refractivity contribution in [3.8, 4) is 28.6 Å². The number of anilines is 2. The summed E-state index contributed by atoms with van der Waals surface area (Å²) in [5.41, 5.74) is 4.48. The average molecular weight is 540 g/mol. The number of carbonyl (C=O) groups excluding carboxylic acids is 1. The molecule has 0 radical (unpaired) electrons. The van der Waals surface area contributed by atoms with Gasteiger partial charge in [-0.05, 0) is 32.0 Å². The zero-order valence-electron chi connectivity index (χ0n) is 22.9. The number of nitrogens with one attached hydrogen (secondary N) is 2. The molecule has 1 aliphatic rings. The van der Waals surface area contributed by atoms with Crippen LogP contribution in [0.5, 0.6) is 17.2 Å². The van der Waals surface area contributed by atoms with Gasteiger partial charge < -0.3 is 29.6 Å². The molecule has 0 bridgehead atoms. The number of hydrogen-bond donors (Lipinski definition) is 2. The molecule has 9 nitrogen and oxygen atoms in total. The van der Waals surface area contributed by atoms with Crippen LogP contribution in [0.4, 0.5) is 11.5 Å². The molecule has 1 heterocycles. The van der Waals surface area contributed by atoms with Crippen LogP contribution < -0.4 is 24.8 Å². The molecule has 1 aliphatic carbocycles. The number of methoxy groups -OCH3 is 2. The fraction of sp³-hybridized carbons (Fsp3) is 0.258. The highest BCUT2D eigenvalue weighted by Gasteiger charge is 2.19. The molecule has 0 aliphatic heterocycles. The van der Waals surface area contributed by atoms with Crippen molar-refractivity contribution in [3.63, 3.8) is 0 Å². The molecule has 0 atom stereocenters. The topological polar surface area (TPSA) is 104 Å². The van der Waals surface area contributed by atoms with Gasteiger partial charge in [-0.15, -0.1) is 0 Å². The Balaban J connectivity index is 1.52. The molecule has 3 aromatic carbocycles. The molecule has 1 aromatic heterocycles. The maximum atomic E-state index is 12.1. The lowest BCUT2D eigenvalue weighted by atomic mass is 9.97. The number of fused-ring (bicyclic) bond motifs is 2. The fourth-order valence-electron chi connectivity index (χ4n) is 4.21. The van der Waals surface area contributed by atoms with Gasteiger partial charge in [-0.1, -0.05) is 12.1 Å². The molecular formula is C31H31N4O5+. The van der Waals surface area contributed by atoms with Crippen LogP contribution in [0, 0.1) is 6.08 Å². The molecule has 4 aromatic rings. The van der Waals surface area contributed by atoms with Gasteiger partial charge >= 0.3 is 0 Å². The van der Waals surface area contributed by atoms with Crippen molar-refractivity contribution in [2.45, 2.75) is 19.9 Å². The Hall–Kier alpha value is -4.72. The highest BCUT2D eigenvalue weighted by atomic mass is 16.5. The van der Waals surface area contributed by atoms with Gasteiger partial charge in [0.25, 0.3) is 5.91 Å². The zero-order valence-corrected chi connectivity index (χ0v) is 22.9. The fourth-order valence-corrected chi connectivity index (χ4v) is 4.21. The Morgan fingerprint density at radius 1 is 0.975 bits per heavy atom. The monoisotopic (exact) mass is 539 g/mol. The number of rotatable bonds is 12. The maximum absolute atomic E-state index is 12.1. The zero-order chi connectivity index (χ0) is 28.1. The van der Waals surface area contributed by atoms with E-state index in [1.54, 1.807) is 20.3 Å². The third-order valence-corrected chi connectivity index (χ3v) is 6.14. The summed E-state index contributed by atoms with van der Waals surface area (Å²) in [6.45, 7) is 4.54. The lowest BCUT2D eigenvalue weighted by Crippen LogP contribution is -2.34. The molecule has 0 saturated heterocycles. The molecule has 1 amide bonds. The second-order valence-corrected chi connectivity index (χ2v) is 9.51. The Morgan fingerprint density at radius 3 is 2.58 bits per heavy atom. The molecule has 0 unspecified atom stereocenters. The first-order valence-corrected chi connectivity index (χ1v) is 13.0. The van der Waals surface area contributed by atoms with Crippen molar-refractivity contribution in [1.29, 1.82) is 0 Å². The van der Waals surface area contributed by atoms with E-state index in [0.717, 1.165) is 27.8 Å². The van der Waals surface area contributed by atoms with Gasteiger partial charge in [0.15, 0.2) is 29.5 Å². The van der Waals surface area contributed by atoms with Crippen LogP contribution in [-0.4, -0.2) is 56.0 Å². The number of nitrogens with zero attached hydrogens (tertiary/aromatic N) is 2. The quantitative estimate of drug-likeness (QED) is 0.166. The molecule has 0 fully saturated rings. The first kappa shape index (κ1) is 26.9. The van der Waals surface area contributed by atoms with E-state index >= 15 is 0 Å². The summed E-state index contributed by atoms with van der Waals surface area (Å²) in [5.74, 6) is 2.56. The maximum Gasteiger partial charge on any atom is 0.258 e. The lowest BCUT2D eigenvalue weighted by Gasteiger charge is -2.16. The number of hydrogen-bond acceptors (Lipinski definition) is 8. The number of aromatic nitrogens is 2. The third kappa shape index (κ3) is 6.12. The minimum Gasteiger partial charge on any atom is -0.493 e. The highest BCUT2D eigenvalue weighted by molar-refractivity contribution is 5.95. The molecule has 9 heteroatoms. The SMILES string of the molecule is COCCOc1cc2c(Nc3ccc4c(c3)C=[C+]4)nc(-c3cccc(OCC(=O)NC(C)C)c3)nc2cc1OC. The minimum atomic E-state index is -0.185. The largest absolute Gasteiger partial charge is 0.493 e. The summed E-state index contributed by atoms with van der Waals surface area (Å²) in [6.07, 6.45) is 5.11. The van der Waals surface area contributed by atoms with E-state index in [1.807, 2.05) is 62.4 Å². The summed E-state index contributed by atoms with van der Waals surface area (Å²) < 4.78 is 22.4. The van der Waals surface area contributed by atoms with Gasteiger partial charge in [-0.25, -0.2) is 9.97 Å². The van der Waals surface area contributed by atoms with Crippen LogP contribution in [0.15, 0.2) is 54.6 Å². The van der Waals surface area contributed by atoms with Crippen molar-refractivity contribution in [3.05, 3.63) is 71.8 Å². The van der Waals surface area contributed by atoms with Crippen LogP contribution in [0.3, 0.4) is 0 Å². The van der Waals surface area contributed by atoms with Crippen LogP contribution in [0.2, 0.25) is 0 Å². The second-order valence-electron chi connectivity index (χ2n) is 9.51. The molecule has 5 rings (SSSR count). The minimum absolute atomic E-state index is 0.0395. The number of ether oxygens (including phenoxy) is 4. The van der Waals surface area contributed by atoms with Crippen molar-refractivity contribution in [2.24, 2.45) is 0 Å². The van der Waals surface area contributed by atoms with E-state index in [1.165, 1.54) is 0 Å². The second kappa shape index (κ2) is 12.0. The van der Waals surface area contributed by atoms with E-state index in [2.05, 4.69) is 22.8 Å². The Morgan fingerprint density at radius 2 is 1.85 bits per heavy atom. The molecule has 204 valence electrons. The van der Waals surface area contributed by atoms with E-state index in [4.69, 9.17) is 28.9 Å². The normalized spacial score (nSPS) is 11.4. The summed E-state index contributed by atoms with van der Waals surface area (Å²) in [7, 11) is 3.22. The van der Waals surface area contributed by atoms with E-state index in [-0.39, 0.29) is 18.6 Å². The Kier molecular flexibility index (Phi) is 8.05. The van der Waals surface area contributed by atoms with Crippen LogP contribution >= 0.6 is 0 Å². The van der Waals surface area contributed by atoms with Crippen LogP contribution in [-0.2, 0) is 9.53 Å². The van der Waals surface area contributed by atoms with Crippen molar-refractivity contribution in [2.75, 3.05) is 39.4 Å². The van der Waals surface area contributed by atoms with E-state index in [0.29, 0.717) is 47.6 Å². The molecule has 2 N–H and O–H groups in total. The predicted octanol–water partition coefficient (Wildman–Crippen LogP) is 5.16. The number of carbonyl (C=O) groups is 1. The van der Waals surface area contributed by atoms with Crippen molar-refractivity contribution < 1.29 is 23.7 Å². The van der Waals surface area contributed by atoms with Crippen LogP contribution in [0.1, 0.15) is 25.0 Å². The summed E-state index contributed by atoms with van der Waals surface area (Å²) in [4.78, 5) is 21.8. The lowest BCUT2D eigenvalue weighted by molar-refractivity contribution is -0.123. The predicted molar refractivity (Wildman–Crippen MR) is 154 cm³/mol. The number of benzene rings is 3. The van der Waals surface area contributed by atoms with Gasteiger partial charge in [0.1, 0.15) is 18.2 Å². The van der Waals surface area contributed by atoms with Gasteiger partial charge in [0.05, 0.1) is 36.6 Å². The third-order valence-electron chi connectivity index (χ3n) is 6.14. The molecule has 40 heavy (non-hydrogen) atoms. The summed E-state index contributed by atoms with van der Waals surface area (Å²) >= 11 is 0. The van der Waals surface area contributed by atoms with Crippen molar-refractivity contribution >= 4 is 34.4 Å². The van der Waals surface area contributed by atoms with Gasteiger partial charge in [0, 0.05) is 54.4 Å². The Labute approximate surface area is 233 Å². The smallest absolute Gasteiger partial charge is 0.258 e. The van der Waals surface area contributed by atoms with Gasteiger partial charge in [0.2, 0.25) is 0 Å². The summed E-state index contributed by atoms with van der Waals surface area (Å²) in [5, 5.41) is 7.04. The highest BCUT2D eigenvalue weighted by Crippen LogP contribution is 2.37. The van der Waals surface area contributed by atoms with Gasteiger partial charge in [-0.2, -0.15) is 0 Å². The average Bonchev–Trinajstić information content (AvgIpc) is 2.93. The first-order chi connectivity index (χ1) is 19.4. The standard InChI is InChI=1S/C31H30N4O5/c1-19(2)32-29(36)18-40-24-7-5-6-22(15-24)30-34-26-17-27(38-4)28(39-13-12-37-3)16-25(26)31(35-30)33-23-11-10-20-8-9-21(20)14-23/h5-7,9-11,14-17,19H,12-13,18H2,1-4H3,(H-,32,33,34,35,36)/p+1. The number of amides is 1. The molecular weight excluding hydrogens is 508 g/mol. The first-order valence-electron chi connectivity index (χ1n) is 13.0. The van der Waals surface area contributed by atoms with Gasteiger partial charge in [-0.3, -0.25) is 4.79 Å². The van der Waals surface area contributed by atoms with Crippen molar-refractivity contribution in [1.82, 2.24) is 15.3 Å².